The van der Waals surface area contributed by atoms with Crippen LogP contribution in [0.5, 0.6) is 0 Å². The second-order valence-electron chi connectivity index (χ2n) is 5.49. The van der Waals surface area contributed by atoms with E-state index in [0.717, 1.165) is 18.7 Å². The largest absolute Gasteiger partial charge is 0.399 e. The average molecular weight is 315 g/mol. The number of nitrogens with one attached hydrogen (secondary N) is 1. The molecular weight excluding hydrogens is 294 g/mol. The van der Waals surface area contributed by atoms with E-state index >= 15 is 0 Å². The highest BCUT2D eigenvalue weighted by Crippen LogP contribution is 2.38. The Hall–Kier alpha value is -0.920. The second-order valence-corrected chi connectivity index (χ2v) is 8.70. The smallest absolute Gasteiger partial charge is 0.238 e. The summed E-state index contributed by atoms with van der Waals surface area (Å²) in [4.78, 5) is 0.0872. The molecule has 0 bridgehead atoms. The zero-order chi connectivity index (χ0) is 15.0. The Balaban J connectivity index is 2.26. The number of hydrogen-bond acceptors (Lipinski definition) is 5. The van der Waals surface area contributed by atoms with Gasteiger partial charge in [-0.15, -0.1) is 0 Å². The zero-order valence-electron chi connectivity index (χ0n) is 11.8. The quantitative estimate of drug-likeness (QED) is 0.737. The Morgan fingerprint density at radius 2 is 2.15 bits per heavy atom. The molecule has 1 aliphatic rings. The molecule has 0 spiro atoms. The van der Waals surface area contributed by atoms with Crippen LogP contribution in [0.2, 0.25) is 0 Å². The molecule has 0 saturated carbocycles. The van der Waals surface area contributed by atoms with Crippen molar-refractivity contribution in [3.8, 4) is 0 Å². The summed E-state index contributed by atoms with van der Waals surface area (Å²) < 4.78 is 23.3. The van der Waals surface area contributed by atoms with Crippen LogP contribution in [0.15, 0.2) is 17.0 Å². The topological polar surface area (TPSA) is 98.2 Å². The van der Waals surface area contributed by atoms with Gasteiger partial charge in [0.1, 0.15) is 0 Å². The first-order chi connectivity index (χ1) is 9.21. The molecule has 0 radical (unpaired) electrons. The summed E-state index contributed by atoms with van der Waals surface area (Å²) in [6.45, 7) is 4.75. The molecule has 7 heteroatoms. The number of anilines is 2. The van der Waals surface area contributed by atoms with E-state index in [-0.39, 0.29) is 9.64 Å². The Labute approximate surface area is 124 Å². The van der Waals surface area contributed by atoms with Crippen LogP contribution >= 0.6 is 11.8 Å². The molecular formula is C13H21N3O2S2. The van der Waals surface area contributed by atoms with Crippen molar-refractivity contribution in [3.63, 3.8) is 0 Å². The molecule has 0 aliphatic carbocycles. The van der Waals surface area contributed by atoms with Crippen LogP contribution in [0, 0.1) is 6.92 Å². The third-order valence-electron chi connectivity index (χ3n) is 3.64. The molecule has 112 valence electrons. The Kier molecular flexibility index (Phi) is 4.22. The minimum Gasteiger partial charge on any atom is -0.399 e. The van der Waals surface area contributed by atoms with Crippen molar-refractivity contribution in [2.45, 2.75) is 36.3 Å². The first-order valence-corrected chi connectivity index (χ1v) is 9.05. The van der Waals surface area contributed by atoms with E-state index in [2.05, 4.69) is 12.2 Å². The lowest BCUT2D eigenvalue weighted by Crippen LogP contribution is -2.27. The van der Waals surface area contributed by atoms with Gasteiger partial charge in [0.25, 0.3) is 0 Å². The average Bonchev–Trinajstić information content (AvgIpc) is 2.76. The number of sulfonamides is 1. The van der Waals surface area contributed by atoms with Crippen LogP contribution in [-0.4, -0.2) is 25.5 Å². The van der Waals surface area contributed by atoms with Gasteiger partial charge in [-0.3, -0.25) is 0 Å². The molecule has 0 amide bonds. The van der Waals surface area contributed by atoms with Gasteiger partial charge in [-0.25, -0.2) is 13.6 Å². The van der Waals surface area contributed by atoms with Gasteiger partial charge in [-0.2, -0.15) is 11.8 Å². The summed E-state index contributed by atoms with van der Waals surface area (Å²) in [5, 5.41) is 8.55. The molecule has 0 aromatic heterocycles. The monoisotopic (exact) mass is 315 g/mol. The number of hydrogen-bond donors (Lipinski definition) is 3. The standard InChI is InChI=1S/C13H21N3O2S2/c1-9-11(16-8-13(2)4-3-5-19-13)6-10(14)7-12(9)20(15,17)18/h6-7,16H,3-5,8,14H2,1-2H3,(H2,15,17,18). The van der Waals surface area contributed by atoms with Crippen LogP contribution in [0.3, 0.4) is 0 Å². The SMILES string of the molecule is Cc1c(NCC2(C)CCCS2)cc(N)cc1S(N)(=O)=O. The fourth-order valence-electron chi connectivity index (χ4n) is 2.45. The van der Waals surface area contributed by atoms with Crippen molar-refractivity contribution in [3.05, 3.63) is 17.7 Å². The molecule has 1 aromatic carbocycles. The van der Waals surface area contributed by atoms with Crippen LogP contribution < -0.4 is 16.2 Å². The maximum absolute atomic E-state index is 11.6. The number of thioether (sulfide) groups is 1. The summed E-state index contributed by atoms with van der Waals surface area (Å²) in [5.41, 5.74) is 7.53. The lowest BCUT2D eigenvalue weighted by atomic mass is 10.1. The molecule has 1 atom stereocenters. The summed E-state index contributed by atoms with van der Waals surface area (Å²) in [6, 6.07) is 3.16. The lowest BCUT2D eigenvalue weighted by molar-refractivity contribution is 0.597. The van der Waals surface area contributed by atoms with Gasteiger partial charge < -0.3 is 11.1 Å². The van der Waals surface area contributed by atoms with Crippen LogP contribution in [0.25, 0.3) is 0 Å². The fraction of sp³-hybridized carbons (Fsp3) is 0.538. The van der Waals surface area contributed by atoms with E-state index in [9.17, 15) is 8.42 Å². The predicted octanol–water partition coefficient (Wildman–Crippen LogP) is 1.92. The van der Waals surface area contributed by atoms with Crippen molar-refractivity contribution in [1.82, 2.24) is 0 Å². The molecule has 1 heterocycles. The normalized spacial score (nSPS) is 22.9. The molecule has 5 nitrogen and oxygen atoms in total. The molecule has 5 N–H and O–H groups in total. The maximum Gasteiger partial charge on any atom is 0.238 e. The van der Waals surface area contributed by atoms with Gasteiger partial charge in [-0.05, 0) is 50.1 Å². The highest BCUT2D eigenvalue weighted by atomic mass is 32.2. The summed E-state index contributed by atoms with van der Waals surface area (Å²) in [7, 11) is -3.76. The molecule has 2 rings (SSSR count). The zero-order valence-corrected chi connectivity index (χ0v) is 13.4. The lowest BCUT2D eigenvalue weighted by Gasteiger charge is -2.24. The van der Waals surface area contributed by atoms with E-state index in [1.807, 2.05) is 11.8 Å². The first-order valence-electron chi connectivity index (χ1n) is 6.52. The predicted molar refractivity (Wildman–Crippen MR) is 85.6 cm³/mol. The summed E-state index contributed by atoms with van der Waals surface area (Å²) in [5.74, 6) is 1.18. The van der Waals surface area contributed by atoms with Crippen molar-refractivity contribution in [1.29, 1.82) is 0 Å². The first kappa shape index (κ1) is 15.5. The van der Waals surface area contributed by atoms with Crippen LogP contribution in [-0.2, 0) is 10.0 Å². The van der Waals surface area contributed by atoms with Crippen molar-refractivity contribution in [2.24, 2.45) is 5.14 Å². The number of benzene rings is 1. The van der Waals surface area contributed by atoms with Crippen molar-refractivity contribution in [2.75, 3.05) is 23.3 Å². The van der Waals surface area contributed by atoms with Crippen LogP contribution in [0.1, 0.15) is 25.3 Å². The minimum atomic E-state index is -3.76. The van der Waals surface area contributed by atoms with E-state index in [0.29, 0.717) is 11.3 Å². The molecule has 1 fully saturated rings. The number of rotatable bonds is 4. The number of primary sulfonamides is 1. The van der Waals surface area contributed by atoms with Gasteiger partial charge in [-0.1, -0.05) is 0 Å². The highest BCUT2D eigenvalue weighted by Gasteiger charge is 2.29. The number of nitrogen functional groups attached to an aromatic ring is 1. The fourth-order valence-corrected chi connectivity index (χ4v) is 4.53. The highest BCUT2D eigenvalue weighted by molar-refractivity contribution is 8.00. The van der Waals surface area contributed by atoms with Crippen LogP contribution in [0.4, 0.5) is 11.4 Å². The van der Waals surface area contributed by atoms with E-state index < -0.39 is 10.0 Å². The molecule has 20 heavy (non-hydrogen) atoms. The second kappa shape index (κ2) is 5.46. The van der Waals surface area contributed by atoms with E-state index in [1.54, 1.807) is 13.0 Å². The van der Waals surface area contributed by atoms with E-state index in [1.165, 1.54) is 18.2 Å². The van der Waals surface area contributed by atoms with Crippen molar-refractivity contribution < 1.29 is 8.42 Å². The van der Waals surface area contributed by atoms with Gasteiger partial charge in [0, 0.05) is 22.7 Å². The Morgan fingerprint density at radius 1 is 1.45 bits per heavy atom. The number of nitrogens with two attached hydrogens (primary N) is 2. The van der Waals surface area contributed by atoms with Gasteiger partial charge in [0.2, 0.25) is 10.0 Å². The van der Waals surface area contributed by atoms with E-state index in [4.69, 9.17) is 10.9 Å². The minimum absolute atomic E-state index is 0.0872. The Bertz CT molecular complexity index is 608. The molecule has 1 aliphatic heterocycles. The van der Waals surface area contributed by atoms with Crippen molar-refractivity contribution >= 4 is 33.2 Å². The third kappa shape index (κ3) is 3.39. The summed E-state index contributed by atoms with van der Waals surface area (Å²) >= 11 is 1.95. The molecule has 1 unspecified atom stereocenters. The van der Waals surface area contributed by atoms with Gasteiger partial charge in [0.05, 0.1) is 4.90 Å². The summed E-state index contributed by atoms with van der Waals surface area (Å²) in [6.07, 6.45) is 2.38. The van der Waals surface area contributed by atoms with Gasteiger partial charge >= 0.3 is 0 Å². The molecule has 1 saturated heterocycles. The maximum atomic E-state index is 11.6. The Morgan fingerprint density at radius 3 is 2.70 bits per heavy atom. The third-order valence-corrected chi connectivity index (χ3v) is 6.22. The van der Waals surface area contributed by atoms with Gasteiger partial charge in [0.15, 0.2) is 0 Å². The molecule has 1 aromatic rings.